The van der Waals surface area contributed by atoms with E-state index in [2.05, 4.69) is 35.2 Å². The predicted molar refractivity (Wildman–Crippen MR) is 135 cm³/mol. The topological polar surface area (TPSA) is 105 Å². The fourth-order valence-corrected chi connectivity index (χ4v) is 5.47. The summed E-state index contributed by atoms with van der Waals surface area (Å²) in [6.07, 6.45) is 4.47. The molecule has 200 valence electrons. The van der Waals surface area contributed by atoms with Crippen molar-refractivity contribution in [1.29, 1.82) is 0 Å². The first kappa shape index (κ1) is 25.7. The highest BCUT2D eigenvalue weighted by atomic mass is 19.4. The lowest BCUT2D eigenvalue weighted by atomic mass is 9.69. The van der Waals surface area contributed by atoms with Gasteiger partial charge in [0.05, 0.1) is 0 Å². The quantitative estimate of drug-likeness (QED) is 0.475. The second kappa shape index (κ2) is 10.4. The molecular formula is C26H28F3N7O2. The first-order valence-electron chi connectivity index (χ1n) is 12.5. The summed E-state index contributed by atoms with van der Waals surface area (Å²) in [5, 5.41) is 5.79. The van der Waals surface area contributed by atoms with Gasteiger partial charge in [-0.1, -0.05) is 6.42 Å². The third kappa shape index (κ3) is 5.95. The van der Waals surface area contributed by atoms with Gasteiger partial charge in [0.25, 0.3) is 0 Å². The molecule has 12 heteroatoms. The summed E-state index contributed by atoms with van der Waals surface area (Å²) < 4.78 is 42.1. The molecule has 1 spiro atoms. The molecule has 0 radical (unpaired) electrons. The van der Waals surface area contributed by atoms with E-state index < -0.39 is 6.36 Å². The first-order chi connectivity index (χ1) is 18.2. The standard InChI is InChI=1S/C26H28F3N7O2/c1-30-24(37)17-4-2-7-25(14-17)8-11-36(16-25)22-13-21(34-23(35-22)18-5-3-9-31-15-18)33-20-12-19(6-10-32-20)38-26(27,28)29/h3,5-6,9-10,12-13,15,17H,2,4,7-8,11,14,16H2,1H3,(H,30,37)(H,32,33,34,35). The number of carbonyl (C=O) groups excluding carboxylic acids is 1. The average Bonchev–Trinajstić information content (AvgIpc) is 3.30. The van der Waals surface area contributed by atoms with E-state index in [4.69, 9.17) is 4.98 Å². The highest BCUT2D eigenvalue weighted by molar-refractivity contribution is 5.78. The maximum atomic E-state index is 12.7. The number of rotatable bonds is 6. The normalized spacial score (nSPS) is 21.4. The van der Waals surface area contributed by atoms with Crippen LogP contribution in [0.5, 0.6) is 5.75 Å². The Balaban J connectivity index is 1.43. The monoisotopic (exact) mass is 527 g/mol. The molecule has 1 saturated heterocycles. The highest BCUT2D eigenvalue weighted by Gasteiger charge is 2.44. The predicted octanol–water partition coefficient (Wildman–Crippen LogP) is 4.71. The van der Waals surface area contributed by atoms with Gasteiger partial charge in [-0.15, -0.1) is 13.2 Å². The minimum Gasteiger partial charge on any atom is -0.406 e. The minimum atomic E-state index is -4.81. The Labute approximate surface area is 217 Å². The van der Waals surface area contributed by atoms with E-state index in [0.717, 1.165) is 57.3 Å². The number of nitrogens with zero attached hydrogens (tertiary/aromatic N) is 5. The molecule has 2 aliphatic rings. The smallest absolute Gasteiger partial charge is 0.406 e. The Morgan fingerprint density at radius 1 is 1.16 bits per heavy atom. The van der Waals surface area contributed by atoms with Crippen LogP contribution in [-0.4, -0.2) is 52.3 Å². The maximum absolute atomic E-state index is 12.7. The largest absolute Gasteiger partial charge is 0.573 e. The van der Waals surface area contributed by atoms with Gasteiger partial charge in [0.2, 0.25) is 5.91 Å². The van der Waals surface area contributed by atoms with Crippen molar-refractivity contribution < 1.29 is 22.7 Å². The Morgan fingerprint density at radius 2 is 2.03 bits per heavy atom. The number of aromatic nitrogens is 4. The molecule has 4 heterocycles. The number of pyridine rings is 2. The zero-order valence-electron chi connectivity index (χ0n) is 20.8. The van der Waals surface area contributed by atoms with Crippen molar-refractivity contribution in [3.63, 3.8) is 0 Å². The van der Waals surface area contributed by atoms with Crippen LogP contribution >= 0.6 is 0 Å². The van der Waals surface area contributed by atoms with Crippen molar-refractivity contribution in [2.24, 2.45) is 11.3 Å². The number of ether oxygens (including phenoxy) is 1. The van der Waals surface area contributed by atoms with E-state index in [0.29, 0.717) is 23.0 Å². The molecule has 2 unspecified atom stereocenters. The molecule has 3 aromatic heterocycles. The summed E-state index contributed by atoms with van der Waals surface area (Å²) in [6, 6.07) is 7.67. The fraction of sp³-hybridized carbons (Fsp3) is 0.423. The van der Waals surface area contributed by atoms with Crippen LogP contribution in [0.25, 0.3) is 11.4 Å². The second-order valence-corrected chi connectivity index (χ2v) is 9.81. The Hall–Kier alpha value is -3.96. The summed E-state index contributed by atoms with van der Waals surface area (Å²) in [7, 11) is 1.68. The minimum absolute atomic E-state index is 0.0135. The Kier molecular flexibility index (Phi) is 7.04. The number of alkyl halides is 3. The van der Waals surface area contributed by atoms with Gasteiger partial charge in [-0.3, -0.25) is 9.78 Å². The molecule has 0 aromatic carbocycles. The van der Waals surface area contributed by atoms with E-state index in [1.807, 2.05) is 6.07 Å². The summed E-state index contributed by atoms with van der Waals surface area (Å²) in [5.74, 6) is 1.35. The molecule has 1 aliphatic heterocycles. The van der Waals surface area contributed by atoms with Gasteiger partial charge in [0, 0.05) is 62.3 Å². The lowest BCUT2D eigenvalue weighted by Crippen LogP contribution is -2.38. The van der Waals surface area contributed by atoms with E-state index >= 15 is 0 Å². The van der Waals surface area contributed by atoms with Crippen LogP contribution in [0.2, 0.25) is 0 Å². The molecule has 1 saturated carbocycles. The van der Waals surface area contributed by atoms with Gasteiger partial charge < -0.3 is 20.3 Å². The van der Waals surface area contributed by atoms with Crippen LogP contribution in [-0.2, 0) is 4.79 Å². The van der Waals surface area contributed by atoms with Crippen molar-refractivity contribution in [3.8, 4) is 17.1 Å². The van der Waals surface area contributed by atoms with Crippen LogP contribution in [0.3, 0.4) is 0 Å². The number of nitrogens with one attached hydrogen (secondary N) is 2. The van der Waals surface area contributed by atoms with Gasteiger partial charge in [-0.2, -0.15) is 0 Å². The van der Waals surface area contributed by atoms with Crippen molar-refractivity contribution in [2.75, 3.05) is 30.4 Å². The average molecular weight is 528 g/mol. The van der Waals surface area contributed by atoms with Gasteiger partial charge in [0.15, 0.2) is 5.82 Å². The zero-order valence-corrected chi connectivity index (χ0v) is 20.8. The summed E-state index contributed by atoms with van der Waals surface area (Å²) in [5.41, 5.74) is 0.735. The third-order valence-corrected chi connectivity index (χ3v) is 7.17. The van der Waals surface area contributed by atoms with Crippen LogP contribution in [0.1, 0.15) is 32.1 Å². The fourth-order valence-electron chi connectivity index (χ4n) is 5.47. The number of anilines is 3. The van der Waals surface area contributed by atoms with Crippen molar-refractivity contribution >= 4 is 23.4 Å². The van der Waals surface area contributed by atoms with Gasteiger partial charge in [-0.05, 0) is 49.3 Å². The van der Waals surface area contributed by atoms with E-state index in [9.17, 15) is 18.0 Å². The molecular weight excluding hydrogens is 499 g/mol. The van der Waals surface area contributed by atoms with Crippen LogP contribution in [0.15, 0.2) is 48.9 Å². The summed E-state index contributed by atoms with van der Waals surface area (Å²) in [4.78, 5) is 32.2. The SMILES string of the molecule is CNC(=O)C1CCCC2(CCN(c3cc(Nc4cc(OC(F)(F)F)ccn4)nc(-c4cccnc4)n3)C2)C1. The molecule has 0 bridgehead atoms. The molecule has 1 aliphatic carbocycles. The van der Waals surface area contributed by atoms with Gasteiger partial charge in [-0.25, -0.2) is 15.0 Å². The summed E-state index contributed by atoms with van der Waals surface area (Å²) in [6.45, 7) is 1.53. The third-order valence-electron chi connectivity index (χ3n) is 7.17. The Morgan fingerprint density at radius 3 is 2.79 bits per heavy atom. The van der Waals surface area contributed by atoms with E-state index in [-0.39, 0.29) is 28.8 Å². The zero-order chi connectivity index (χ0) is 26.8. The van der Waals surface area contributed by atoms with E-state index in [1.54, 1.807) is 31.6 Å². The van der Waals surface area contributed by atoms with Gasteiger partial charge in [0.1, 0.15) is 23.2 Å². The van der Waals surface area contributed by atoms with Crippen LogP contribution in [0, 0.1) is 11.3 Å². The molecule has 3 aromatic rings. The molecule has 5 rings (SSSR count). The molecule has 2 N–H and O–H groups in total. The lowest BCUT2D eigenvalue weighted by molar-refractivity contribution is -0.274. The number of carbonyl (C=O) groups is 1. The first-order valence-corrected chi connectivity index (χ1v) is 12.5. The van der Waals surface area contributed by atoms with Crippen LogP contribution < -0.4 is 20.3 Å². The van der Waals surface area contributed by atoms with Crippen molar-refractivity contribution in [3.05, 3.63) is 48.9 Å². The molecule has 9 nitrogen and oxygen atoms in total. The highest BCUT2D eigenvalue weighted by Crippen LogP contribution is 2.47. The summed E-state index contributed by atoms with van der Waals surface area (Å²) >= 11 is 0. The number of amides is 1. The lowest BCUT2D eigenvalue weighted by Gasteiger charge is -2.37. The number of halogens is 3. The second-order valence-electron chi connectivity index (χ2n) is 9.81. The molecule has 2 fully saturated rings. The number of hydrogen-bond acceptors (Lipinski definition) is 8. The Bertz CT molecular complexity index is 1290. The maximum Gasteiger partial charge on any atom is 0.573 e. The van der Waals surface area contributed by atoms with E-state index in [1.165, 1.54) is 6.20 Å². The number of hydrogen-bond donors (Lipinski definition) is 2. The van der Waals surface area contributed by atoms with Crippen LogP contribution in [0.4, 0.5) is 30.6 Å². The van der Waals surface area contributed by atoms with Crippen molar-refractivity contribution in [2.45, 2.75) is 38.5 Å². The molecule has 1 amide bonds. The molecule has 38 heavy (non-hydrogen) atoms. The van der Waals surface area contributed by atoms with Crippen molar-refractivity contribution in [1.82, 2.24) is 25.3 Å². The van der Waals surface area contributed by atoms with Gasteiger partial charge >= 0.3 is 6.36 Å². The molecule has 2 atom stereocenters.